The highest BCUT2D eigenvalue weighted by atomic mass is 14.9. The first-order valence-corrected chi connectivity index (χ1v) is 7.83. The van der Waals surface area contributed by atoms with Gasteiger partial charge in [0.15, 0.2) is 0 Å². The first kappa shape index (κ1) is 11.7. The maximum absolute atomic E-state index is 5.10. The monoisotopic (exact) mass is 253 g/mol. The highest BCUT2D eigenvalue weighted by Crippen LogP contribution is 2.57. The van der Waals surface area contributed by atoms with Gasteiger partial charge in [-0.2, -0.15) is 0 Å². The van der Waals surface area contributed by atoms with Gasteiger partial charge in [-0.1, -0.05) is 29.8 Å². The Morgan fingerprint density at radius 3 is 2.26 bits per heavy atom. The van der Waals surface area contributed by atoms with Gasteiger partial charge in [-0.05, 0) is 68.8 Å². The van der Waals surface area contributed by atoms with E-state index in [0.717, 1.165) is 17.8 Å². The summed E-state index contributed by atoms with van der Waals surface area (Å²) in [6, 6.07) is 8.71. The van der Waals surface area contributed by atoms with Gasteiger partial charge in [0, 0.05) is 6.21 Å². The van der Waals surface area contributed by atoms with E-state index >= 15 is 0 Å². The molecule has 0 radical (unpaired) electrons. The van der Waals surface area contributed by atoms with Crippen LogP contribution in [0.3, 0.4) is 0 Å². The van der Waals surface area contributed by atoms with Crippen LogP contribution in [0.1, 0.15) is 49.7 Å². The van der Waals surface area contributed by atoms with E-state index in [1.54, 1.807) is 0 Å². The number of nitrogens with zero attached hydrogens (tertiary/aromatic N) is 1. The molecule has 1 aromatic rings. The molecule has 4 aliphatic carbocycles. The molecule has 0 atom stereocenters. The van der Waals surface area contributed by atoms with Crippen LogP contribution in [0, 0.1) is 24.7 Å². The first-order chi connectivity index (χ1) is 9.21. The lowest BCUT2D eigenvalue weighted by Crippen LogP contribution is -2.49. The van der Waals surface area contributed by atoms with Gasteiger partial charge in [-0.25, -0.2) is 0 Å². The smallest absolute Gasteiger partial charge is 0.0616 e. The molecule has 1 heteroatoms. The molecule has 4 bridgehead atoms. The Morgan fingerprint density at radius 1 is 1.05 bits per heavy atom. The zero-order valence-electron chi connectivity index (χ0n) is 11.8. The van der Waals surface area contributed by atoms with Crippen molar-refractivity contribution in [3.05, 3.63) is 35.4 Å². The summed E-state index contributed by atoms with van der Waals surface area (Å²) in [5.74, 6) is 2.96. The zero-order chi connectivity index (χ0) is 12.9. The SMILES string of the molecule is Cc1cccc(C=NC23CC4CC(CC(C4)C2)C3)c1. The molecule has 0 aliphatic heterocycles. The standard InChI is InChI=1S/C18H23N/c1-13-3-2-4-14(5-13)12-19-18-9-15-6-16(10-18)8-17(7-15)11-18/h2-5,12,15-17H,6-11H2,1H3. The van der Waals surface area contributed by atoms with Gasteiger partial charge in [0.05, 0.1) is 5.54 Å². The predicted octanol–water partition coefficient (Wildman–Crippen LogP) is 4.38. The summed E-state index contributed by atoms with van der Waals surface area (Å²) in [4.78, 5) is 5.10. The lowest BCUT2D eigenvalue weighted by molar-refractivity contribution is 0.00195. The fraction of sp³-hybridized carbons (Fsp3) is 0.611. The average molecular weight is 253 g/mol. The van der Waals surface area contributed by atoms with Gasteiger partial charge in [-0.3, -0.25) is 4.99 Å². The summed E-state index contributed by atoms with van der Waals surface area (Å²) in [5.41, 5.74) is 2.92. The molecule has 0 heterocycles. The zero-order valence-corrected chi connectivity index (χ0v) is 11.8. The second-order valence-corrected chi connectivity index (χ2v) is 7.31. The first-order valence-electron chi connectivity index (χ1n) is 7.83. The molecule has 0 N–H and O–H groups in total. The Morgan fingerprint density at radius 2 is 1.68 bits per heavy atom. The maximum Gasteiger partial charge on any atom is 0.0616 e. The summed E-state index contributed by atoms with van der Waals surface area (Å²) < 4.78 is 0. The number of hydrogen-bond donors (Lipinski definition) is 0. The molecule has 0 spiro atoms. The van der Waals surface area contributed by atoms with Crippen LogP contribution in [0.15, 0.2) is 29.3 Å². The van der Waals surface area contributed by atoms with Crippen molar-refractivity contribution < 1.29 is 0 Å². The van der Waals surface area contributed by atoms with Crippen molar-refractivity contribution in [2.24, 2.45) is 22.7 Å². The molecular weight excluding hydrogens is 230 g/mol. The minimum absolute atomic E-state index is 0.318. The second kappa shape index (κ2) is 4.19. The van der Waals surface area contributed by atoms with Crippen LogP contribution in [0.25, 0.3) is 0 Å². The van der Waals surface area contributed by atoms with Crippen molar-refractivity contribution in [2.45, 2.75) is 51.0 Å². The Bertz CT molecular complexity index is 479. The van der Waals surface area contributed by atoms with Gasteiger partial charge in [-0.15, -0.1) is 0 Å². The van der Waals surface area contributed by atoms with Crippen LogP contribution in [0.4, 0.5) is 0 Å². The largest absolute Gasteiger partial charge is 0.286 e. The van der Waals surface area contributed by atoms with Gasteiger partial charge in [0.25, 0.3) is 0 Å². The highest BCUT2D eigenvalue weighted by Gasteiger charge is 2.50. The van der Waals surface area contributed by atoms with Crippen LogP contribution in [-0.2, 0) is 0 Å². The van der Waals surface area contributed by atoms with Crippen LogP contribution < -0.4 is 0 Å². The molecule has 5 rings (SSSR count). The van der Waals surface area contributed by atoms with Crippen LogP contribution in [0.5, 0.6) is 0 Å². The van der Waals surface area contributed by atoms with E-state index in [-0.39, 0.29) is 0 Å². The summed E-state index contributed by atoms with van der Waals surface area (Å²) in [6.07, 6.45) is 10.7. The molecular formula is C18H23N. The van der Waals surface area contributed by atoms with Gasteiger partial charge in [0.2, 0.25) is 0 Å². The molecule has 0 saturated heterocycles. The fourth-order valence-corrected chi connectivity index (χ4v) is 5.18. The van der Waals surface area contributed by atoms with Gasteiger partial charge < -0.3 is 0 Å². The minimum atomic E-state index is 0.318. The summed E-state index contributed by atoms with van der Waals surface area (Å²) >= 11 is 0. The molecule has 1 aromatic carbocycles. The van der Waals surface area contributed by atoms with Crippen molar-refractivity contribution in [3.8, 4) is 0 Å². The Kier molecular flexibility index (Phi) is 2.58. The molecule has 0 unspecified atom stereocenters. The van der Waals surface area contributed by atoms with Crippen molar-refractivity contribution >= 4 is 6.21 Å². The minimum Gasteiger partial charge on any atom is -0.286 e. The van der Waals surface area contributed by atoms with E-state index in [1.807, 2.05) is 0 Å². The third-order valence-corrected chi connectivity index (χ3v) is 5.54. The number of benzene rings is 1. The maximum atomic E-state index is 5.10. The molecule has 4 aliphatic rings. The van der Waals surface area contributed by atoms with E-state index in [4.69, 9.17) is 4.99 Å². The Hall–Kier alpha value is -1.11. The van der Waals surface area contributed by atoms with Crippen molar-refractivity contribution in [1.29, 1.82) is 0 Å². The molecule has 0 aromatic heterocycles. The summed E-state index contributed by atoms with van der Waals surface area (Å²) in [5, 5.41) is 0. The lowest BCUT2D eigenvalue weighted by Gasteiger charge is -2.55. The third kappa shape index (κ3) is 2.13. The molecule has 100 valence electrons. The van der Waals surface area contributed by atoms with E-state index in [2.05, 4.69) is 37.4 Å². The van der Waals surface area contributed by atoms with Crippen LogP contribution in [0.2, 0.25) is 0 Å². The van der Waals surface area contributed by atoms with Crippen LogP contribution in [-0.4, -0.2) is 11.8 Å². The molecule has 19 heavy (non-hydrogen) atoms. The fourth-order valence-electron chi connectivity index (χ4n) is 5.18. The molecule has 0 amide bonds. The normalized spacial score (nSPS) is 40.2. The highest BCUT2D eigenvalue weighted by molar-refractivity contribution is 5.80. The topological polar surface area (TPSA) is 12.4 Å². The van der Waals surface area contributed by atoms with Crippen LogP contribution >= 0.6 is 0 Å². The predicted molar refractivity (Wildman–Crippen MR) is 79.7 cm³/mol. The van der Waals surface area contributed by atoms with Crippen molar-refractivity contribution in [1.82, 2.24) is 0 Å². The summed E-state index contributed by atoms with van der Waals surface area (Å²) in [6.45, 7) is 2.15. The second-order valence-electron chi connectivity index (χ2n) is 7.31. The van der Waals surface area contributed by atoms with E-state index in [9.17, 15) is 0 Å². The van der Waals surface area contributed by atoms with E-state index in [0.29, 0.717) is 5.54 Å². The summed E-state index contributed by atoms with van der Waals surface area (Å²) in [7, 11) is 0. The lowest BCUT2D eigenvalue weighted by atomic mass is 9.53. The van der Waals surface area contributed by atoms with Gasteiger partial charge >= 0.3 is 0 Å². The quantitative estimate of drug-likeness (QED) is 0.693. The Labute approximate surface area is 116 Å². The van der Waals surface area contributed by atoms with E-state index < -0.39 is 0 Å². The average Bonchev–Trinajstić information content (AvgIpc) is 2.35. The van der Waals surface area contributed by atoms with Crippen molar-refractivity contribution in [3.63, 3.8) is 0 Å². The van der Waals surface area contributed by atoms with Crippen molar-refractivity contribution in [2.75, 3.05) is 0 Å². The number of aliphatic imine (C=N–C) groups is 1. The molecule has 1 nitrogen and oxygen atoms in total. The number of rotatable bonds is 2. The van der Waals surface area contributed by atoms with Gasteiger partial charge in [0.1, 0.15) is 0 Å². The number of hydrogen-bond acceptors (Lipinski definition) is 1. The molecule has 4 fully saturated rings. The van der Waals surface area contributed by atoms with E-state index in [1.165, 1.54) is 49.7 Å². The molecule has 4 saturated carbocycles. The Balaban J connectivity index is 1.59. The third-order valence-electron chi connectivity index (χ3n) is 5.54. The number of aryl methyl sites for hydroxylation is 1.